The predicted octanol–water partition coefficient (Wildman–Crippen LogP) is 4.13. The summed E-state index contributed by atoms with van der Waals surface area (Å²) < 4.78 is 10.7. The minimum atomic E-state index is -0.753. The highest BCUT2D eigenvalue weighted by Gasteiger charge is 2.39. The monoisotopic (exact) mass is 437 g/mol. The quantitative estimate of drug-likeness (QED) is 0.468. The number of amides is 2. The van der Waals surface area contributed by atoms with Crippen molar-refractivity contribution in [1.82, 2.24) is 4.90 Å². The van der Waals surface area contributed by atoms with Crippen molar-refractivity contribution in [3.63, 3.8) is 0 Å². The van der Waals surface area contributed by atoms with Crippen LogP contribution < -0.4 is 4.74 Å². The highest BCUT2D eigenvalue weighted by molar-refractivity contribution is 6.34. The Balaban J connectivity index is 1.70. The Bertz CT molecular complexity index is 1020. The molecule has 7 nitrogen and oxygen atoms in total. The van der Waals surface area contributed by atoms with Gasteiger partial charge in [0.05, 0.1) is 30.9 Å². The fourth-order valence-corrected chi connectivity index (χ4v) is 3.15. The van der Waals surface area contributed by atoms with E-state index in [4.69, 9.17) is 9.47 Å². The molecule has 0 saturated heterocycles. The molecule has 3 rings (SSSR count). The number of hydrogen-bond acceptors (Lipinski definition) is 6. The molecule has 0 unspecified atom stereocenters. The fraction of sp³-hybridized carbons (Fsp3) is 0.320. The topological polar surface area (TPSA) is 93.1 Å². The Labute approximate surface area is 187 Å². The van der Waals surface area contributed by atoms with Gasteiger partial charge >= 0.3 is 5.97 Å². The highest BCUT2D eigenvalue weighted by atomic mass is 16.5. The van der Waals surface area contributed by atoms with Crippen LogP contribution in [-0.4, -0.2) is 41.0 Å². The Kier molecular flexibility index (Phi) is 7.30. The maximum Gasteiger partial charge on any atom is 0.338 e. The van der Waals surface area contributed by atoms with Gasteiger partial charge in [-0.25, -0.2) is 4.79 Å². The van der Waals surface area contributed by atoms with Crippen LogP contribution in [0, 0.1) is 5.92 Å². The smallest absolute Gasteiger partial charge is 0.338 e. The third-order valence-electron chi connectivity index (χ3n) is 4.84. The number of esters is 1. The second-order valence-electron chi connectivity index (χ2n) is 7.98. The normalized spacial score (nSPS) is 13.8. The van der Waals surface area contributed by atoms with Gasteiger partial charge in [0.15, 0.2) is 5.76 Å². The van der Waals surface area contributed by atoms with Gasteiger partial charge in [0.2, 0.25) is 0 Å². The number of imide groups is 1. The molecule has 0 aliphatic carbocycles. The first-order chi connectivity index (χ1) is 15.3. The Hall–Kier alpha value is -3.61. The third-order valence-corrected chi connectivity index (χ3v) is 4.84. The molecule has 2 amide bonds. The number of nitrogens with zero attached hydrogens (tertiary/aromatic N) is 1. The lowest BCUT2D eigenvalue weighted by molar-refractivity contribution is -0.138. The molecule has 0 aromatic heterocycles. The Morgan fingerprint density at radius 3 is 2.25 bits per heavy atom. The molecule has 168 valence electrons. The van der Waals surface area contributed by atoms with Crippen molar-refractivity contribution in [2.75, 3.05) is 13.2 Å². The molecule has 2 aromatic rings. The summed E-state index contributed by atoms with van der Waals surface area (Å²) in [6.07, 6.45) is 0.732. The van der Waals surface area contributed by atoms with Crippen LogP contribution in [-0.2, 0) is 20.9 Å². The third kappa shape index (κ3) is 5.17. The first-order valence-corrected chi connectivity index (χ1v) is 10.6. The number of ether oxygens (including phenoxy) is 2. The van der Waals surface area contributed by atoms with E-state index in [1.165, 1.54) is 0 Å². The molecule has 32 heavy (non-hydrogen) atoms. The summed E-state index contributed by atoms with van der Waals surface area (Å²) in [5.41, 5.74) is 1.44. The minimum absolute atomic E-state index is 0.0227. The van der Waals surface area contributed by atoms with E-state index in [9.17, 15) is 19.5 Å². The van der Waals surface area contributed by atoms with Crippen molar-refractivity contribution in [3.8, 4) is 5.75 Å². The number of rotatable bonds is 9. The van der Waals surface area contributed by atoms with Crippen LogP contribution in [0.25, 0.3) is 5.57 Å². The van der Waals surface area contributed by atoms with Gasteiger partial charge in [0.25, 0.3) is 11.8 Å². The molecule has 1 aliphatic heterocycles. The largest absolute Gasteiger partial charge is 0.502 e. The Morgan fingerprint density at radius 1 is 1.00 bits per heavy atom. The SMILES string of the molecule is CCCOC(=O)c1ccc(CN2C(=O)C(O)=C(c3ccc(OCC(C)C)cc3)C2=O)cc1. The van der Waals surface area contributed by atoms with Crippen molar-refractivity contribution in [2.24, 2.45) is 5.92 Å². The summed E-state index contributed by atoms with van der Waals surface area (Å²) in [4.78, 5) is 38.3. The van der Waals surface area contributed by atoms with Gasteiger partial charge < -0.3 is 14.6 Å². The standard InChI is InChI=1S/C25H27NO6/c1-4-13-31-25(30)19-7-5-17(6-8-19)14-26-23(28)21(22(27)24(26)29)18-9-11-20(12-10-18)32-15-16(2)3/h5-12,16,27H,4,13-15H2,1-3H3. The van der Waals surface area contributed by atoms with Crippen LogP contribution in [0.1, 0.15) is 48.7 Å². The number of carbonyl (C=O) groups excluding carboxylic acids is 3. The summed E-state index contributed by atoms with van der Waals surface area (Å²) in [5, 5.41) is 10.3. The summed E-state index contributed by atoms with van der Waals surface area (Å²) in [5.74, 6) is -1.31. The van der Waals surface area contributed by atoms with Crippen LogP contribution in [0.15, 0.2) is 54.3 Å². The second kappa shape index (κ2) is 10.1. The zero-order valence-electron chi connectivity index (χ0n) is 18.5. The maximum absolute atomic E-state index is 12.9. The lowest BCUT2D eigenvalue weighted by atomic mass is 10.1. The molecular formula is C25H27NO6. The summed E-state index contributed by atoms with van der Waals surface area (Å²) in [6, 6.07) is 13.2. The first-order valence-electron chi connectivity index (χ1n) is 10.6. The summed E-state index contributed by atoms with van der Waals surface area (Å²) >= 11 is 0. The van der Waals surface area contributed by atoms with Crippen LogP contribution in [0.5, 0.6) is 5.75 Å². The van der Waals surface area contributed by atoms with Gasteiger partial charge in [-0.3, -0.25) is 14.5 Å². The van der Waals surface area contributed by atoms with E-state index >= 15 is 0 Å². The molecule has 1 heterocycles. The van der Waals surface area contributed by atoms with Crippen molar-refractivity contribution in [2.45, 2.75) is 33.7 Å². The van der Waals surface area contributed by atoms with E-state index in [1.807, 2.05) is 20.8 Å². The van der Waals surface area contributed by atoms with Gasteiger partial charge in [-0.1, -0.05) is 45.0 Å². The molecule has 0 saturated carbocycles. The van der Waals surface area contributed by atoms with Crippen LogP contribution in [0.2, 0.25) is 0 Å². The van der Waals surface area contributed by atoms with Gasteiger partial charge in [-0.2, -0.15) is 0 Å². The molecule has 0 radical (unpaired) electrons. The van der Waals surface area contributed by atoms with Gasteiger partial charge in [0, 0.05) is 0 Å². The van der Waals surface area contributed by atoms with E-state index in [-0.39, 0.29) is 12.1 Å². The molecule has 1 N–H and O–H groups in total. The van der Waals surface area contributed by atoms with E-state index in [2.05, 4.69) is 0 Å². The van der Waals surface area contributed by atoms with E-state index < -0.39 is 23.5 Å². The molecule has 7 heteroatoms. The minimum Gasteiger partial charge on any atom is -0.502 e. The van der Waals surface area contributed by atoms with Gasteiger partial charge in [-0.05, 0) is 47.7 Å². The summed E-state index contributed by atoms with van der Waals surface area (Å²) in [7, 11) is 0. The number of benzene rings is 2. The van der Waals surface area contributed by atoms with Gasteiger partial charge in [0.1, 0.15) is 5.75 Å². The number of aliphatic hydroxyl groups is 1. The molecule has 0 atom stereocenters. The van der Waals surface area contributed by atoms with E-state index in [0.29, 0.717) is 41.6 Å². The zero-order chi connectivity index (χ0) is 23.3. The molecule has 0 bridgehead atoms. The second-order valence-corrected chi connectivity index (χ2v) is 7.98. The average molecular weight is 437 g/mol. The van der Waals surface area contributed by atoms with E-state index in [1.54, 1.807) is 48.5 Å². The van der Waals surface area contributed by atoms with Crippen LogP contribution in [0.4, 0.5) is 0 Å². The van der Waals surface area contributed by atoms with Gasteiger partial charge in [-0.15, -0.1) is 0 Å². The van der Waals surface area contributed by atoms with Crippen molar-refractivity contribution < 1.29 is 29.0 Å². The first kappa shape index (κ1) is 23.1. The number of hydrogen-bond donors (Lipinski definition) is 1. The molecule has 1 aliphatic rings. The fourth-order valence-electron chi connectivity index (χ4n) is 3.15. The molecule has 0 fully saturated rings. The van der Waals surface area contributed by atoms with Crippen molar-refractivity contribution >= 4 is 23.4 Å². The zero-order valence-corrected chi connectivity index (χ0v) is 18.5. The molecular weight excluding hydrogens is 410 g/mol. The lowest BCUT2D eigenvalue weighted by Crippen LogP contribution is -2.31. The van der Waals surface area contributed by atoms with Crippen molar-refractivity contribution in [1.29, 1.82) is 0 Å². The van der Waals surface area contributed by atoms with E-state index in [0.717, 1.165) is 11.3 Å². The molecule has 2 aromatic carbocycles. The van der Waals surface area contributed by atoms with Crippen LogP contribution >= 0.6 is 0 Å². The summed E-state index contributed by atoms with van der Waals surface area (Å²) in [6.45, 7) is 6.88. The lowest BCUT2D eigenvalue weighted by Gasteiger charge is -2.15. The number of carbonyl (C=O) groups is 3. The average Bonchev–Trinajstić information content (AvgIpc) is 3.00. The Morgan fingerprint density at radius 2 is 1.66 bits per heavy atom. The van der Waals surface area contributed by atoms with Crippen LogP contribution in [0.3, 0.4) is 0 Å². The number of aliphatic hydroxyl groups excluding tert-OH is 1. The highest BCUT2D eigenvalue weighted by Crippen LogP contribution is 2.30. The maximum atomic E-state index is 12.9. The predicted molar refractivity (Wildman–Crippen MR) is 119 cm³/mol. The van der Waals surface area contributed by atoms with Crippen molar-refractivity contribution in [3.05, 3.63) is 71.0 Å². The molecule has 0 spiro atoms.